The second-order valence-corrected chi connectivity index (χ2v) is 9.36. The van der Waals surface area contributed by atoms with Crippen LogP contribution in [0, 0.1) is 11.3 Å². The molecule has 0 aromatic heterocycles. The Bertz CT molecular complexity index is 823. The van der Waals surface area contributed by atoms with Gasteiger partial charge in [-0.3, -0.25) is 0 Å². The maximum Gasteiger partial charge on any atom is 0.161 e. The summed E-state index contributed by atoms with van der Waals surface area (Å²) < 4.78 is 16.8. The van der Waals surface area contributed by atoms with Crippen LogP contribution < -0.4 is 14.8 Å². The monoisotopic (exact) mass is 428 g/mol. The molecule has 1 heterocycles. The number of nitrogens with two attached hydrogens (primary N) is 1. The average molecular weight is 429 g/mol. The van der Waals surface area contributed by atoms with Gasteiger partial charge in [0.25, 0.3) is 0 Å². The molecule has 3 rings (SSSR count). The quantitative estimate of drug-likeness (QED) is 0.610. The summed E-state index contributed by atoms with van der Waals surface area (Å²) in [5.74, 6) is 1.68. The van der Waals surface area contributed by atoms with Crippen LogP contribution in [0.15, 0.2) is 48.5 Å². The number of hydrogen-bond acceptors (Lipinski definition) is 4. The molecule has 170 valence electrons. The molecule has 0 bridgehead atoms. The smallest absolute Gasteiger partial charge is 0.161 e. The molecule has 0 spiro atoms. The largest absolute Gasteiger partial charge is 0.493 e. The van der Waals surface area contributed by atoms with E-state index in [1.807, 2.05) is 12.1 Å². The van der Waals surface area contributed by atoms with Crippen molar-refractivity contribution in [2.75, 3.05) is 34.0 Å². The van der Waals surface area contributed by atoms with E-state index in [2.05, 4.69) is 55.6 Å². The Morgan fingerprint density at radius 1 is 1.03 bits per heavy atom. The lowest BCUT2D eigenvalue weighted by Gasteiger charge is -2.48. The summed E-state index contributed by atoms with van der Waals surface area (Å²) in [7, 11) is 3.31. The molecular formula is C26H38NO4+. The average Bonchev–Trinajstić information content (AvgIpc) is 2.76. The van der Waals surface area contributed by atoms with Crippen LogP contribution in [0.4, 0.5) is 0 Å². The van der Waals surface area contributed by atoms with Gasteiger partial charge < -0.3 is 24.6 Å². The van der Waals surface area contributed by atoms with Gasteiger partial charge >= 0.3 is 0 Å². The number of rotatable bonds is 10. The number of ether oxygens (including phenoxy) is 3. The first kappa shape index (κ1) is 23.6. The Hall–Kier alpha value is -2.08. The van der Waals surface area contributed by atoms with Crippen LogP contribution in [-0.2, 0) is 17.7 Å². The summed E-state index contributed by atoms with van der Waals surface area (Å²) in [4.78, 5) is 0. The first-order valence-electron chi connectivity index (χ1n) is 11.2. The van der Waals surface area contributed by atoms with Gasteiger partial charge in [-0.15, -0.1) is 0 Å². The summed E-state index contributed by atoms with van der Waals surface area (Å²) in [6.07, 6.45) is 2.89. The van der Waals surface area contributed by atoms with E-state index in [0.717, 1.165) is 50.5 Å². The maximum atomic E-state index is 10.4. The van der Waals surface area contributed by atoms with E-state index in [4.69, 9.17) is 14.2 Å². The van der Waals surface area contributed by atoms with E-state index >= 15 is 0 Å². The second-order valence-electron chi connectivity index (χ2n) is 9.36. The molecule has 0 amide bonds. The SMILES string of the molecule is COc1ccc(C[NH2+]C[C@H](CO)[C@]2(Cc3ccccc3)CCOC(C)(C)C2)cc1OC. The van der Waals surface area contributed by atoms with Crippen molar-refractivity contribution in [2.24, 2.45) is 11.3 Å². The van der Waals surface area contributed by atoms with Gasteiger partial charge in [0.2, 0.25) is 0 Å². The van der Waals surface area contributed by atoms with Crippen molar-refractivity contribution in [2.45, 2.75) is 45.3 Å². The molecule has 0 unspecified atom stereocenters. The van der Waals surface area contributed by atoms with Crippen molar-refractivity contribution in [3.05, 3.63) is 59.7 Å². The third-order valence-corrected chi connectivity index (χ3v) is 6.64. The van der Waals surface area contributed by atoms with Gasteiger partial charge in [0, 0.05) is 18.1 Å². The first-order valence-corrected chi connectivity index (χ1v) is 11.2. The van der Waals surface area contributed by atoms with Gasteiger partial charge in [0.05, 0.1) is 33.0 Å². The minimum absolute atomic E-state index is 0.0198. The maximum absolute atomic E-state index is 10.4. The van der Waals surface area contributed by atoms with Gasteiger partial charge in [-0.2, -0.15) is 0 Å². The fraction of sp³-hybridized carbons (Fsp3) is 0.538. The molecule has 2 aromatic rings. The molecule has 1 saturated heterocycles. The molecule has 31 heavy (non-hydrogen) atoms. The molecule has 5 nitrogen and oxygen atoms in total. The van der Waals surface area contributed by atoms with E-state index < -0.39 is 0 Å². The van der Waals surface area contributed by atoms with Gasteiger partial charge in [-0.05, 0) is 62.3 Å². The lowest BCUT2D eigenvalue weighted by Crippen LogP contribution is -2.85. The van der Waals surface area contributed by atoms with Crippen LogP contribution in [0.5, 0.6) is 11.5 Å². The summed E-state index contributed by atoms with van der Waals surface area (Å²) in [5, 5.41) is 12.7. The predicted octanol–water partition coefficient (Wildman–Crippen LogP) is 3.19. The lowest BCUT2D eigenvalue weighted by atomic mass is 9.63. The minimum atomic E-state index is -0.177. The molecule has 1 aliphatic rings. The van der Waals surface area contributed by atoms with Crippen molar-refractivity contribution in [1.82, 2.24) is 0 Å². The van der Waals surface area contributed by atoms with Crippen molar-refractivity contribution in [3.63, 3.8) is 0 Å². The minimum Gasteiger partial charge on any atom is -0.493 e. The zero-order valence-corrected chi connectivity index (χ0v) is 19.4. The molecular weight excluding hydrogens is 390 g/mol. The zero-order valence-electron chi connectivity index (χ0n) is 19.4. The third-order valence-electron chi connectivity index (χ3n) is 6.64. The molecule has 3 N–H and O–H groups in total. The zero-order chi connectivity index (χ0) is 22.3. The van der Waals surface area contributed by atoms with Crippen molar-refractivity contribution < 1.29 is 24.6 Å². The van der Waals surface area contributed by atoms with Gasteiger partial charge in [-0.1, -0.05) is 30.3 Å². The van der Waals surface area contributed by atoms with E-state index in [0.29, 0.717) is 0 Å². The Morgan fingerprint density at radius 3 is 2.42 bits per heavy atom. The molecule has 1 fully saturated rings. The predicted molar refractivity (Wildman–Crippen MR) is 122 cm³/mol. The van der Waals surface area contributed by atoms with Crippen LogP contribution in [0.2, 0.25) is 0 Å². The van der Waals surface area contributed by atoms with E-state index in [9.17, 15) is 5.11 Å². The highest BCUT2D eigenvalue weighted by atomic mass is 16.5. The Balaban J connectivity index is 1.73. The highest BCUT2D eigenvalue weighted by Crippen LogP contribution is 2.46. The van der Waals surface area contributed by atoms with Crippen LogP contribution >= 0.6 is 0 Å². The van der Waals surface area contributed by atoms with Crippen molar-refractivity contribution in [3.8, 4) is 11.5 Å². The molecule has 2 aromatic carbocycles. The lowest BCUT2D eigenvalue weighted by molar-refractivity contribution is -0.678. The van der Waals surface area contributed by atoms with Gasteiger partial charge in [-0.25, -0.2) is 0 Å². The number of methoxy groups -OCH3 is 2. The number of hydrogen-bond donors (Lipinski definition) is 2. The normalized spacial score (nSPS) is 21.5. The van der Waals surface area contributed by atoms with Crippen molar-refractivity contribution >= 4 is 0 Å². The molecule has 5 heteroatoms. The molecule has 0 radical (unpaired) electrons. The summed E-state index contributed by atoms with van der Waals surface area (Å²) >= 11 is 0. The van der Waals surface area contributed by atoms with Crippen LogP contribution in [-0.4, -0.2) is 44.7 Å². The number of aliphatic hydroxyl groups is 1. The fourth-order valence-electron chi connectivity index (χ4n) is 5.14. The second kappa shape index (κ2) is 10.5. The Morgan fingerprint density at radius 2 is 1.77 bits per heavy atom. The number of aliphatic hydroxyl groups excluding tert-OH is 1. The Kier molecular flexibility index (Phi) is 7.98. The summed E-state index contributed by atoms with van der Waals surface area (Å²) in [6.45, 7) is 6.98. The van der Waals surface area contributed by atoms with Crippen molar-refractivity contribution in [1.29, 1.82) is 0 Å². The van der Waals surface area contributed by atoms with E-state index in [1.54, 1.807) is 14.2 Å². The highest BCUT2D eigenvalue weighted by Gasteiger charge is 2.46. The molecule has 0 saturated carbocycles. The van der Waals surface area contributed by atoms with E-state index in [1.165, 1.54) is 11.1 Å². The molecule has 0 aliphatic carbocycles. The number of benzene rings is 2. The highest BCUT2D eigenvalue weighted by molar-refractivity contribution is 5.42. The summed E-state index contributed by atoms with van der Waals surface area (Å²) in [5.41, 5.74) is 2.35. The molecule has 2 atom stereocenters. The van der Waals surface area contributed by atoms with Gasteiger partial charge in [0.15, 0.2) is 11.5 Å². The standard InChI is InChI=1S/C26H37NO4/c1-25(2)19-26(12-13-31-25,15-20-8-6-5-7-9-20)22(18-28)17-27-16-21-10-11-23(29-3)24(14-21)30-4/h5-11,14,22,27-28H,12-13,15-19H2,1-4H3/p+1/t22-,26+/m1/s1. The topological polar surface area (TPSA) is 64.5 Å². The van der Waals surface area contributed by atoms with E-state index in [-0.39, 0.29) is 23.5 Å². The fourth-order valence-corrected chi connectivity index (χ4v) is 5.14. The molecule has 1 aliphatic heterocycles. The summed E-state index contributed by atoms with van der Waals surface area (Å²) in [6, 6.07) is 16.7. The first-order chi connectivity index (χ1) is 14.9. The number of quaternary nitrogens is 1. The van der Waals surface area contributed by atoms with Crippen LogP contribution in [0.3, 0.4) is 0 Å². The third kappa shape index (κ3) is 6.00. The van der Waals surface area contributed by atoms with Crippen LogP contribution in [0.25, 0.3) is 0 Å². The Labute approximate surface area is 186 Å². The van der Waals surface area contributed by atoms with Gasteiger partial charge in [0.1, 0.15) is 6.54 Å². The van der Waals surface area contributed by atoms with Crippen LogP contribution in [0.1, 0.15) is 37.8 Å².